The fraction of sp³-hybridized carbons (Fsp3) is 0.300. The number of carbonyl (C=O) groups is 2. The van der Waals surface area contributed by atoms with E-state index in [0.29, 0.717) is 48.1 Å². The molecule has 0 fully saturated rings. The van der Waals surface area contributed by atoms with Gasteiger partial charge in [0.15, 0.2) is 11.5 Å². The van der Waals surface area contributed by atoms with E-state index >= 15 is 0 Å². The van der Waals surface area contributed by atoms with E-state index in [1.807, 2.05) is 12.1 Å². The number of halogens is 1. The number of hydrogen-bond donors (Lipinski definition) is 2. The third-order valence-electron chi connectivity index (χ3n) is 3.84. The average molecular weight is 392 g/mol. The molecule has 0 atom stereocenters. The smallest absolute Gasteiger partial charge is 0.303 e. The predicted molar refractivity (Wildman–Crippen MR) is 103 cm³/mol. The molecule has 0 aliphatic rings. The summed E-state index contributed by atoms with van der Waals surface area (Å²) in [6, 6.07) is 12.3. The van der Waals surface area contributed by atoms with Crippen molar-refractivity contribution in [2.45, 2.75) is 25.9 Å². The van der Waals surface area contributed by atoms with Gasteiger partial charge in [-0.1, -0.05) is 23.7 Å². The zero-order valence-corrected chi connectivity index (χ0v) is 15.8. The van der Waals surface area contributed by atoms with Crippen molar-refractivity contribution in [3.63, 3.8) is 0 Å². The molecule has 0 radical (unpaired) electrons. The van der Waals surface area contributed by atoms with Crippen LogP contribution in [-0.4, -0.2) is 30.6 Å². The third kappa shape index (κ3) is 6.83. The summed E-state index contributed by atoms with van der Waals surface area (Å²) < 4.78 is 11.1. The van der Waals surface area contributed by atoms with Crippen LogP contribution in [-0.2, 0) is 11.4 Å². The molecule has 7 heteroatoms. The van der Waals surface area contributed by atoms with E-state index in [1.165, 1.54) is 7.11 Å². The van der Waals surface area contributed by atoms with Crippen molar-refractivity contribution in [3.8, 4) is 11.5 Å². The molecule has 0 aliphatic heterocycles. The van der Waals surface area contributed by atoms with Gasteiger partial charge in [0.2, 0.25) is 0 Å². The van der Waals surface area contributed by atoms with Gasteiger partial charge in [-0.15, -0.1) is 0 Å². The van der Waals surface area contributed by atoms with Gasteiger partial charge in [-0.25, -0.2) is 0 Å². The minimum absolute atomic E-state index is 0.101. The van der Waals surface area contributed by atoms with Crippen molar-refractivity contribution in [1.82, 2.24) is 5.32 Å². The minimum atomic E-state index is -0.833. The summed E-state index contributed by atoms with van der Waals surface area (Å²) in [5.74, 6) is -0.0823. The van der Waals surface area contributed by atoms with Crippen molar-refractivity contribution in [3.05, 3.63) is 58.6 Å². The lowest BCUT2D eigenvalue weighted by molar-refractivity contribution is -0.137. The average Bonchev–Trinajstić information content (AvgIpc) is 2.66. The van der Waals surface area contributed by atoms with Crippen LogP contribution in [0.4, 0.5) is 0 Å². The highest BCUT2D eigenvalue weighted by molar-refractivity contribution is 6.30. The lowest BCUT2D eigenvalue weighted by Gasteiger charge is -2.12. The maximum Gasteiger partial charge on any atom is 0.303 e. The molecule has 27 heavy (non-hydrogen) atoms. The Morgan fingerprint density at radius 2 is 1.81 bits per heavy atom. The number of nitrogens with one attached hydrogen (secondary N) is 1. The van der Waals surface area contributed by atoms with E-state index in [1.54, 1.807) is 30.3 Å². The summed E-state index contributed by atoms with van der Waals surface area (Å²) in [5, 5.41) is 12.0. The second kappa shape index (κ2) is 10.4. The molecule has 6 nitrogen and oxygen atoms in total. The molecule has 0 saturated heterocycles. The summed E-state index contributed by atoms with van der Waals surface area (Å²) >= 11 is 5.87. The molecule has 0 bridgehead atoms. The Labute approximate surface area is 163 Å². The lowest BCUT2D eigenvalue weighted by Crippen LogP contribution is -2.24. The van der Waals surface area contributed by atoms with Crippen molar-refractivity contribution in [1.29, 1.82) is 0 Å². The fourth-order valence-corrected chi connectivity index (χ4v) is 2.50. The second-order valence-corrected chi connectivity index (χ2v) is 6.32. The zero-order valence-electron chi connectivity index (χ0n) is 15.0. The molecule has 0 spiro atoms. The van der Waals surface area contributed by atoms with Crippen LogP contribution in [0.1, 0.15) is 35.2 Å². The Kier molecular flexibility index (Phi) is 7.95. The molecular formula is C20H22ClNO5. The van der Waals surface area contributed by atoms with Crippen molar-refractivity contribution in [2.24, 2.45) is 0 Å². The first-order valence-corrected chi connectivity index (χ1v) is 8.92. The SMILES string of the molecule is COc1cc(C(=O)NCCCCC(=O)O)ccc1OCc1ccc(Cl)cc1. The van der Waals surface area contributed by atoms with Gasteiger partial charge in [0.1, 0.15) is 6.61 Å². The van der Waals surface area contributed by atoms with Gasteiger partial charge in [0.05, 0.1) is 7.11 Å². The molecule has 0 heterocycles. The third-order valence-corrected chi connectivity index (χ3v) is 4.09. The number of rotatable bonds is 10. The highest BCUT2D eigenvalue weighted by Crippen LogP contribution is 2.29. The van der Waals surface area contributed by atoms with Crippen molar-refractivity contribution < 1.29 is 24.2 Å². The predicted octanol–water partition coefficient (Wildman–Crippen LogP) is 3.91. The Morgan fingerprint density at radius 3 is 2.48 bits per heavy atom. The quantitative estimate of drug-likeness (QED) is 0.600. The summed E-state index contributed by atoms with van der Waals surface area (Å²) in [4.78, 5) is 22.7. The first-order chi connectivity index (χ1) is 13.0. The monoisotopic (exact) mass is 391 g/mol. The standard InChI is InChI=1S/C20H22ClNO5/c1-26-18-12-15(20(25)22-11-3-2-4-19(23)24)7-10-17(18)27-13-14-5-8-16(21)9-6-14/h5-10,12H,2-4,11,13H2,1H3,(H,22,25)(H,23,24). The molecule has 0 aromatic heterocycles. The van der Waals surface area contributed by atoms with E-state index < -0.39 is 5.97 Å². The Balaban J connectivity index is 1.91. The number of methoxy groups -OCH3 is 1. The molecule has 144 valence electrons. The van der Waals surface area contributed by atoms with Gasteiger partial charge in [-0.2, -0.15) is 0 Å². The first-order valence-electron chi connectivity index (χ1n) is 8.55. The van der Waals surface area contributed by atoms with Gasteiger partial charge in [-0.3, -0.25) is 9.59 Å². The van der Waals surface area contributed by atoms with E-state index in [9.17, 15) is 9.59 Å². The topological polar surface area (TPSA) is 84.9 Å². The molecule has 0 saturated carbocycles. The number of unbranched alkanes of at least 4 members (excludes halogenated alkanes) is 1. The number of ether oxygens (including phenoxy) is 2. The molecular weight excluding hydrogens is 370 g/mol. The van der Waals surface area contributed by atoms with Gasteiger partial charge >= 0.3 is 5.97 Å². The second-order valence-electron chi connectivity index (χ2n) is 5.89. The van der Waals surface area contributed by atoms with Crippen LogP contribution in [0.15, 0.2) is 42.5 Å². The molecule has 2 aromatic rings. The van der Waals surface area contributed by atoms with Crippen LogP contribution in [0.5, 0.6) is 11.5 Å². The van der Waals surface area contributed by atoms with Crippen LogP contribution in [0.25, 0.3) is 0 Å². The van der Waals surface area contributed by atoms with E-state index in [-0.39, 0.29) is 12.3 Å². The summed E-state index contributed by atoms with van der Waals surface area (Å²) in [5.41, 5.74) is 1.41. The zero-order chi connectivity index (χ0) is 19.6. The largest absolute Gasteiger partial charge is 0.493 e. The van der Waals surface area contributed by atoms with Crippen LogP contribution in [0.3, 0.4) is 0 Å². The highest BCUT2D eigenvalue weighted by Gasteiger charge is 2.11. The number of amides is 1. The Hall–Kier alpha value is -2.73. The normalized spacial score (nSPS) is 10.3. The molecule has 0 aliphatic carbocycles. The minimum Gasteiger partial charge on any atom is -0.493 e. The Morgan fingerprint density at radius 1 is 1.07 bits per heavy atom. The summed E-state index contributed by atoms with van der Waals surface area (Å²) in [6.07, 6.45) is 1.23. The molecule has 1 amide bonds. The van der Waals surface area contributed by atoms with E-state index in [4.69, 9.17) is 26.2 Å². The number of aliphatic carboxylic acids is 1. The van der Waals surface area contributed by atoms with Crippen LogP contribution < -0.4 is 14.8 Å². The lowest BCUT2D eigenvalue weighted by atomic mass is 10.1. The number of carboxylic acid groups (broad SMARTS) is 1. The van der Waals surface area contributed by atoms with Gasteiger partial charge in [0, 0.05) is 23.6 Å². The number of benzene rings is 2. The van der Waals surface area contributed by atoms with E-state index in [0.717, 1.165) is 5.56 Å². The van der Waals surface area contributed by atoms with Gasteiger partial charge in [0.25, 0.3) is 5.91 Å². The number of hydrogen-bond acceptors (Lipinski definition) is 4. The summed E-state index contributed by atoms with van der Waals surface area (Å²) in [7, 11) is 1.51. The van der Waals surface area contributed by atoms with Gasteiger partial charge < -0.3 is 19.9 Å². The van der Waals surface area contributed by atoms with Crippen LogP contribution in [0.2, 0.25) is 5.02 Å². The van der Waals surface area contributed by atoms with Crippen molar-refractivity contribution >= 4 is 23.5 Å². The molecule has 2 rings (SSSR count). The van der Waals surface area contributed by atoms with E-state index in [2.05, 4.69) is 5.32 Å². The van der Waals surface area contributed by atoms with Crippen LogP contribution in [0, 0.1) is 0 Å². The van der Waals surface area contributed by atoms with Gasteiger partial charge in [-0.05, 0) is 48.7 Å². The number of carbonyl (C=O) groups excluding carboxylic acids is 1. The van der Waals surface area contributed by atoms with Crippen molar-refractivity contribution in [2.75, 3.05) is 13.7 Å². The molecule has 0 unspecified atom stereocenters. The first kappa shape index (κ1) is 20.6. The number of carboxylic acids is 1. The Bertz CT molecular complexity index is 776. The van der Waals surface area contributed by atoms with Crippen LogP contribution >= 0.6 is 11.6 Å². The maximum absolute atomic E-state index is 12.2. The highest BCUT2D eigenvalue weighted by atomic mass is 35.5. The summed E-state index contributed by atoms with van der Waals surface area (Å²) in [6.45, 7) is 0.770. The maximum atomic E-state index is 12.2. The fourth-order valence-electron chi connectivity index (χ4n) is 2.37. The molecule has 2 aromatic carbocycles. The molecule has 2 N–H and O–H groups in total.